The summed E-state index contributed by atoms with van der Waals surface area (Å²) in [6, 6.07) is 15.8. The van der Waals surface area contributed by atoms with Crippen molar-refractivity contribution in [2.24, 2.45) is 5.10 Å². The molecule has 1 N–H and O–H groups in total. The van der Waals surface area contributed by atoms with Gasteiger partial charge in [-0.3, -0.25) is 9.83 Å². The Morgan fingerprint density at radius 3 is 2.68 bits per heavy atom. The zero-order valence-electron chi connectivity index (χ0n) is 17.9. The molecule has 0 aliphatic carbocycles. The SMILES string of the molecule is CCc1c(C)c(C#N)c2nc3ccccc3n2c1NN=Cc1cccc(OC)c1OC. The maximum Gasteiger partial charge on any atom is 0.169 e. The fourth-order valence-electron chi connectivity index (χ4n) is 3.91. The molecule has 0 aliphatic heterocycles. The van der Waals surface area contributed by atoms with Crippen LogP contribution in [0.3, 0.4) is 0 Å². The van der Waals surface area contributed by atoms with Gasteiger partial charge in [-0.15, -0.1) is 0 Å². The number of anilines is 1. The second-order valence-corrected chi connectivity index (χ2v) is 7.00. The molecule has 0 bridgehead atoms. The fraction of sp³-hybridized carbons (Fsp3) is 0.208. The summed E-state index contributed by atoms with van der Waals surface area (Å²) >= 11 is 0. The minimum atomic E-state index is 0.581. The second kappa shape index (κ2) is 8.36. The summed E-state index contributed by atoms with van der Waals surface area (Å²) in [7, 11) is 3.20. The van der Waals surface area contributed by atoms with Gasteiger partial charge in [-0.2, -0.15) is 10.4 Å². The standard InChI is InChI=1S/C24H23N5O2/c1-5-17-15(2)18(13-25)23-27-19-10-6-7-11-20(19)29(23)24(17)28-26-14-16-9-8-12-21(30-3)22(16)31-4/h6-12,14,28H,5H2,1-4H3. The van der Waals surface area contributed by atoms with Crippen LogP contribution in [0.4, 0.5) is 5.82 Å². The van der Waals surface area contributed by atoms with Crippen LogP contribution >= 0.6 is 0 Å². The highest BCUT2D eigenvalue weighted by Crippen LogP contribution is 2.32. The summed E-state index contributed by atoms with van der Waals surface area (Å²) in [6.07, 6.45) is 2.43. The molecule has 0 radical (unpaired) electrons. The number of nitrogens with one attached hydrogen (secondary N) is 1. The van der Waals surface area contributed by atoms with Crippen molar-refractivity contribution < 1.29 is 9.47 Å². The monoisotopic (exact) mass is 413 g/mol. The van der Waals surface area contributed by atoms with Crippen molar-refractivity contribution in [3.8, 4) is 17.6 Å². The number of hydrogen-bond donors (Lipinski definition) is 1. The molecule has 0 amide bonds. The Hall–Kier alpha value is -4.05. The smallest absolute Gasteiger partial charge is 0.169 e. The number of methoxy groups -OCH3 is 2. The highest BCUT2D eigenvalue weighted by molar-refractivity contribution is 5.88. The molecule has 2 aromatic carbocycles. The van der Waals surface area contributed by atoms with Crippen molar-refractivity contribution in [3.05, 3.63) is 64.7 Å². The Morgan fingerprint density at radius 1 is 1.16 bits per heavy atom. The molecule has 0 saturated carbocycles. The summed E-state index contributed by atoms with van der Waals surface area (Å²) in [5, 5.41) is 14.3. The van der Waals surface area contributed by atoms with Gasteiger partial charge in [0.15, 0.2) is 17.1 Å². The molecule has 7 nitrogen and oxygen atoms in total. The van der Waals surface area contributed by atoms with E-state index in [1.54, 1.807) is 20.4 Å². The molecule has 2 heterocycles. The Balaban J connectivity index is 1.88. The zero-order chi connectivity index (χ0) is 22.0. The van der Waals surface area contributed by atoms with Crippen molar-refractivity contribution in [2.75, 3.05) is 19.6 Å². The van der Waals surface area contributed by atoms with E-state index in [2.05, 4.69) is 23.5 Å². The van der Waals surface area contributed by atoms with E-state index in [1.807, 2.05) is 53.8 Å². The zero-order valence-corrected chi connectivity index (χ0v) is 17.9. The first-order valence-corrected chi connectivity index (χ1v) is 9.97. The van der Waals surface area contributed by atoms with Gasteiger partial charge in [0.2, 0.25) is 0 Å². The molecule has 0 fully saturated rings. The summed E-state index contributed by atoms with van der Waals surface area (Å²) in [6.45, 7) is 4.02. The van der Waals surface area contributed by atoms with Gasteiger partial charge in [0.05, 0.1) is 37.0 Å². The number of rotatable bonds is 6. The number of ether oxygens (including phenoxy) is 2. The number of nitrogens with zero attached hydrogens (tertiary/aromatic N) is 4. The van der Waals surface area contributed by atoms with Gasteiger partial charge in [0.1, 0.15) is 11.9 Å². The lowest BCUT2D eigenvalue weighted by Gasteiger charge is -2.16. The molecule has 31 heavy (non-hydrogen) atoms. The van der Waals surface area contributed by atoms with E-state index in [0.29, 0.717) is 22.7 Å². The van der Waals surface area contributed by atoms with Gasteiger partial charge in [-0.25, -0.2) is 4.98 Å². The van der Waals surface area contributed by atoms with E-state index in [9.17, 15) is 5.26 Å². The Bertz CT molecular complexity index is 1350. The van der Waals surface area contributed by atoms with E-state index in [-0.39, 0.29) is 0 Å². The van der Waals surface area contributed by atoms with Crippen LogP contribution in [-0.2, 0) is 6.42 Å². The predicted molar refractivity (Wildman–Crippen MR) is 122 cm³/mol. The number of nitriles is 1. The van der Waals surface area contributed by atoms with Gasteiger partial charge in [0, 0.05) is 5.56 Å². The highest BCUT2D eigenvalue weighted by atomic mass is 16.5. The first-order chi connectivity index (χ1) is 15.1. The highest BCUT2D eigenvalue weighted by Gasteiger charge is 2.19. The number of hydrazone groups is 1. The molecule has 0 spiro atoms. The maximum atomic E-state index is 9.81. The average molecular weight is 413 g/mol. The van der Waals surface area contributed by atoms with Gasteiger partial charge in [0.25, 0.3) is 0 Å². The Morgan fingerprint density at radius 2 is 1.97 bits per heavy atom. The quantitative estimate of drug-likeness (QED) is 0.366. The summed E-state index contributed by atoms with van der Waals surface area (Å²) in [5.74, 6) is 2.04. The lowest BCUT2D eigenvalue weighted by Crippen LogP contribution is -2.07. The third kappa shape index (κ3) is 3.32. The molecule has 0 atom stereocenters. The van der Waals surface area contributed by atoms with Crippen LogP contribution in [0.15, 0.2) is 47.6 Å². The van der Waals surface area contributed by atoms with Crippen molar-refractivity contribution in [1.29, 1.82) is 5.26 Å². The van der Waals surface area contributed by atoms with Gasteiger partial charge in [-0.05, 0) is 48.7 Å². The molecule has 4 aromatic rings. The van der Waals surface area contributed by atoms with Crippen molar-refractivity contribution in [3.63, 3.8) is 0 Å². The lowest BCUT2D eigenvalue weighted by atomic mass is 10.0. The van der Waals surface area contributed by atoms with Gasteiger partial charge < -0.3 is 9.47 Å². The molecular formula is C24H23N5O2. The van der Waals surface area contributed by atoms with E-state index < -0.39 is 0 Å². The van der Waals surface area contributed by atoms with Gasteiger partial charge in [-0.1, -0.05) is 25.1 Å². The number of hydrogen-bond acceptors (Lipinski definition) is 6. The van der Waals surface area contributed by atoms with Crippen LogP contribution in [0.2, 0.25) is 0 Å². The van der Waals surface area contributed by atoms with Crippen LogP contribution in [0, 0.1) is 18.3 Å². The topological polar surface area (TPSA) is 83.9 Å². The maximum absolute atomic E-state index is 9.81. The lowest BCUT2D eigenvalue weighted by molar-refractivity contribution is 0.354. The van der Waals surface area contributed by atoms with Crippen LogP contribution in [-0.4, -0.2) is 29.8 Å². The first-order valence-electron chi connectivity index (χ1n) is 9.97. The third-order valence-corrected chi connectivity index (χ3v) is 5.39. The molecular weight excluding hydrogens is 390 g/mol. The van der Waals surface area contributed by atoms with E-state index in [1.165, 1.54) is 0 Å². The van der Waals surface area contributed by atoms with Crippen molar-refractivity contribution in [1.82, 2.24) is 9.38 Å². The average Bonchev–Trinajstić information content (AvgIpc) is 3.18. The van der Waals surface area contributed by atoms with Gasteiger partial charge >= 0.3 is 0 Å². The number of pyridine rings is 1. The van der Waals surface area contributed by atoms with Crippen molar-refractivity contribution >= 4 is 28.7 Å². The number of fused-ring (bicyclic) bond motifs is 3. The van der Waals surface area contributed by atoms with E-state index in [0.717, 1.165) is 40.0 Å². The van der Waals surface area contributed by atoms with Crippen LogP contribution in [0.25, 0.3) is 16.7 Å². The molecule has 2 aromatic heterocycles. The first kappa shape index (κ1) is 20.2. The third-order valence-electron chi connectivity index (χ3n) is 5.39. The molecule has 0 unspecified atom stereocenters. The number of imidazole rings is 1. The van der Waals surface area contributed by atoms with Crippen LogP contribution in [0.1, 0.15) is 29.2 Å². The van der Waals surface area contributed by atoms with Crippen LogP contribution < -0.4 is 14.9 Å². The minimum Gasteiger partial charge on any atom is -0.493 e. The van der Waals surface area contributed by atoms with Crippen molar-refractivity contribution in [2.45, 2.75) is 20.3 Å². The molecule has 0 aliphatic rings. The minimum absolute atomic E-state index is 0.581. The Labute approximate surface area is 180 Å². The number of aromatic nitrogens is 2. The number of para-hydroxylation sites is 3. The normalized spacial score (nSPS) is 11.2. The number of benzene rings is 2. The molecule has 4 rings (SSSR count). The summed E-state index contributed by atoms with van der Waals surface area (Å²) < 4.78 is 12.8. The summed E-state index contributed by atoms with van der Waals surface area (Å²) in [4.78, 5) is 4.71. The largest absolute Gasteiger partial charge is 0.493 e. The predicted octanol–water partition coefficient (Wildman–Crippen LogP) is 4.69. The Kier molecular flexibility index (Phi) is 5.46. The fourth-order valence-corrected chi connectivity index (χ4v) is 3.91. The van der Waals surface area contributed by atoms with E-state index >= 15 is 0 Å². The second-order valence-electron chi connectivity index (χ2n) is 7.00. The summed E-state index contributed by atoms with van der Waals surface area (Å²) in [5.41, 5.74) is 8.85. The molecule has 7 heteroatoms. The molecule has 0 saturated heterocycles. The van der Waals surface area contributed by atoms with E-state index in [4.69, 9.17) is 14.5 Å². The molecule has 156 valence electrons. The van der Waals surface area contributed by atoms with Crippen LogP contribution in [0.5, 0.6) is 11.5 Å².